The predicted octanol–water partition coefficient (Wildman–Crippen LogP) is 2.20. The molecule has 2 aromatic rings. The molecule has 2 N–H and O–H groups in total. The van der Waals surface area contributed by atoms with Crippen LogP contribution in [0.25, 0.3) is 0 Å². The minimum absolute atomic E-state index is 0.260. The Bertz CT molecular complexity index is 608. The van der Waals surface area contributed by atoms with Crippen molar-refractivity contribution in [2.45, 2.75) is 26.9 Å². The van der Waals surface area contributed by atoms with Crippen molar-refractivity contribution in [3.05, 3.63) is 41.2 Å². The molecule has 2 rings (SSSR count). The summed E-state index contributed by atoms with van der Waals surface area (Å²) in [6.45, 7) is 6.67. The van der Waals surface area contributed by atoms with Crippen molar-refractivity contribution in [2.24, 2.45) is 7.05 Å². The largest absolute Gasteiger partial charge is 0.491 e. The molecular weight excluding hydrogens is 266 g/mol. The van der Waals surface area contributed by atoms with Gasteiger partial charge in [-0.2, -0.15) is 5.10 Å². The first-order chi connectivity index (χ1) is 9.95. The van der Waals surface area contributed by atoms with Crippen molar-refractivity contribution in [3.63, 3.8) is 0 Å². The van der Waals surface area contributed by atoms with Crippen LogP contribution in [0.2, 0.25) is 0 Å². The van der Waals surface area contributed by atoms with E-state index in [0.29, 0.717) is 6.54 Å². The molecule has 1 atom stereocenters. The Kier molecular flexibility index (Phi) is 4.85. The number of aromatic nitrogens is 2. The van der Waals surface area contributed by atoms with Crippen LogP contribution in [0.3, 0.4) is 0 Å². The molecule has 114 valence electrons. The van der Waals surface area contributed by atoms with E-state index < -0.39 is 6.10 Å². The van der Waals surface area contributed by atoms with E-state index in [1.807, 2.05) is 46.1 Å². The van der Waals surface area contributed by atoms with Gasteiger partial charge in [0.05, 0.1) is 11.4 Å². The summed E-state index contributed by atoms with van der Waals surface area (Å²) in [7, 11) is 1.87. The lowest BCUT2D eigenvalue weighted by atomic mass is 10.1. The minimum Gasteiger partial charge on any atom is -0.491 e. The third-order valence-electron chi connectivity index (χ3n) is 3.30. The van der Waals surface area contributed by atoms with Gasteiger partial charge in [0.1, 0.15) is 18.5 Å². The molecule has 0 radical (unpaired) electrons. The van der Waals surface area contributed by atoms with Crippen LogP contribution in [-0.2, 0) is 7.05 Å². The van der Waals surface area contributed by atoms with Crippen LogP contribution >= 0.6 is 0 Å². The summed E-state index contributed by atoms with van der Waals surface area (Å²) in [5.74, 6) is 0.817. The second-order valence-electron chi connectivity index (χ2n) is 5.42. The maximum absolute atomic E-state index is 10.0. The number of nitrogens with zero attached hydrogens (tertiary/aromatic N) is 2. The molecule has 5 nitrogen and oxygen atoms in total. The highest BCUT2D eigenvalue weighted by atomic mass is 16.5. The van der Waals surface area contributed by atoms with Gasteiger partial charge < -0.3 is 15.2 Å². The number of hydrogen-bond donors (Lipinski definition) is 2. The summed E-state index contributed by atoms with van der Waals surface area (Å²) in [4.78, 5) is 0. The standard InChI is InChI=1S/C16H23N3O2/c1-11-5-6-16(12(2)7-11)21-10-14(20)8-17-15-9-19(4)18-13(15)3/h5-7,9,14,17,20H,8,10H2,1-4H3. The van der Waals surface area contributed by atoms with E-state index in [4.69, 9.17) is 4.74 Å². The van der Waals surface area contributed by atoms with Crippen molar-refractivity contribution >= 4 is 5.69 Å². The highest BCUT2D eigenvalue weighted by Crippen LogP contribution is 2.19. The number of aliphatic hydroxyl groups excluding tert-OH is 1. The molecule has 0 saturated heterocycles. The fourth-order valence-corrected chi connectivity index (χ4v) is 2.21. The molecule has 5 heteroatoms. The van der Waals surface area contributed by atoms with E-state index >= 15 is 0 Å². The van der Waals surface area contributed by atoms with Crippen LogP contribution in [0.15, 0.2) is 24.4 Å². The number of ether oxygens (including phenoxy) is 1. The second kappa shape index (κ2) is 6.63. The average molecular weight is 289 g/mol. The van der Waals surface area contributed by atoms with Gasteiger partial charge in [0.2, 0.25) is 0 Å². The van der Waals surface area contributed by atoms with Crippen molar-refractivity contribution in [1.29, 1.82) is 0 Å². The smallest absolute Gasteiger partial charge is 0.122 e. The van der Waals surface area contributed by atoms with E-state index in [1.165, 1.54) is 5.56 Å². The van der Waals surface area contributed by atoms with Gasteiger partial charge in [0.15, 0.2) is 0 Å². The topological polar surface area (TPSA) is 59.3 Å². The average Bonchev–Trinajstić information content (AvgIpc) is 2.73. The van der Waals surface area contributed by atoms with Crippen molar-refractivity contribution < 1.29 is 9.84 Å². The Morgan fingerprint density at radius 1 is 1.33 bits per heavy atom. The number of anilines is 1. The van der Waals surface area contributed by atoms with Gasteiger partial charge in [-0.25, -0.2) is 0 Å². The maximum Gasteiger partial charge on any atom is 0.122 e. The number of hydrogen-bond acceptors (Lipinski definition) is 4. The van der Waals surface area contributed by atoms with Crippen LogP contribution in [0, 0.1) is 20.8 Å². The lowest BCUT2D eigenvalue weighted by Gasteiger charge is -2.15. The normalized spacial score (nSPS) is 12.2. The van der Waals surface area contributed by atoms with E-state index in [1.54, 1.807) is 4.68 Å². The summed E-state index contributed by atoms with van der Waals surface area (Å²) in [6.07, 6.45) is 1.32. The Morgan fingerprint density at radius 3 is 2.71 bits per heavy atom. The molecule has 0 bridgehead atoms. The molecule has 0 spiro atoms. The maximum atomic E-state index is 10.0. The van der Waals surface area contributed by atoms with Crippen LogP contribution in [0.5, 0.6) is 5.75 Å². The molecule has 1 aromatic carbocycles. The number of aryl methyl sites for hydroxylation is 4. The van der Waals surface area contributed by atoms with Gasteiger partial charge in [0.25, 0.3) is 0 Å². The molecule has 0 aliphatic carbocycles. The third-order valence-corrected chi connectivity index (χ3v) is 3.30. The van der Waals surface area contributed by atoms with Crippen molar-refractivity contribution in [1.82, 2.24) is 9.78 Å². The molecule has 0 saturated carbocycles. The van der Waals surface area contributed by atoms with E-state index in [2.05, 4.69) is 16.5 Å². The number of rotatable bonds is 6. The van der Waals surface area contributed by atoms with Crippen molar-refractivity contribution in [3.8, 4) is 5.75 Å². The zero-order chi connectivity index (χ0) is 15.4. The fourth-order valence-electron chi connectivity index (χ4n) is 2.21. The summed E-state index contributed by atoms with van der Waals surface area (Å²) in [6, 6.07) is 6.01. The molecule has 0 fully saturated rings. The zero-order valence-electron chi connectivity index (χ0n) is 13.1. The first kappa shape index (κ1) is 15.4. The van der Waals surface area contributed by atoms with Gasteiger partial charge in [-0.15, -0.1) is 0 Å². The van der Waals surface area contributed by atoms with E-state index in [-0.39, 0.29) is 6.61 Å². The Morgan fingerprint density at radius 2 is 2.10 bits per heavy atom. The Balaban J connectivity index is 1.82. The SMILES string of the molecule is Cc1ccc(OCC(O)CNc2cn(C)nc2C)c(C)c1. The molecule has 1 heterocycles. The molecule has 0 aliphatic rings. The fraction of sp³-hybridized carbons (Fsp3) is 0.438. The van der Waals surface area contributed by atoms with Gasteiger partial charge >= 0.3 is 0 Å². The molecular formula is C16H23N3O2. The monoisotopic (exact) mass is 289 g/mol. The molecule has 1 aromatic heterocycles. The Hall–Kier alpha value is -2.01. The lowest BCUT2D eigenvalue weighted by Crippen LogP contribution is -2.26. The molecule has 0 aliphatic heterocycles. The molecule has 0 amide bonds. The summed E-state index contributed by atoms with van der Waals surface area (Å²) < 4.78 is 7.41. The number of nitrogens with one attached hydrogen (secondary N) is 1. The van der Waals surface area contributed by atoms with Crippen LogP contribution in [-0.4, -0.2) is 34.1 Å². The van der Waals surface area contributed by atoms with E-state index in [0.717, 1.165) is 22.7 Å². The number of aliphatic hydroxyl groups is 1. The zero-order valence-corrected chi connectivity index (χ0v) is 13.1. The van der Waals surface area contributed by atoms with Gasteiger partial charge in [-0.3, -0.25) is 4.68 Å². The quantitative estimate of drug-likeness (QED) is 0.856. The summed E-state index contributed by atoms with van der Waals surface area (Å²) >= 11 is 0. The third kappa shape index (κ3) is 4.23. The Labute approximate surface area is 125 Å². The van der Waals surface area contributed by atoms with Crippen molar-refractivity contribution in [2.75, 3.05) is 18.5 Å². The molecule has 1 unspecified atom stereocenters. The van der Waals surface area contributed by atoms with Gasteiger partial charge in [-0.1, -0.05) is 17.7 Å². The van der Waals surface area contributed by atoms with Crippen LogP contribution in [0.4, 0.5) is 5.69 Å². The van der Waals surface area contributed by atoms with E-state index in [9.17, 15) is 5.11 Å². The second-order valence-corrected chi connectivity index (χ2v) is 5.42. The van der Waals surface area contributed by atoms with Crippen LogP contribution in [0.1, 0.15) is 16.8 Å². The predicted molar refractivity (Wildman–Crippen MR) is 83.9 cm³/mol. The first-order valence-corrected chi connectivity index (χ1v) is 7.08. The molecule has 21 heavy (non-hydrogen) atoms. The number of benzene rings is 1. The summed E-state index contributed by atoms with van der Waals surface area (Å²) in [5, 5.41) is 17.4. The summed E-state index contributed by atoms with van der Waals surface area (Å²) in [5.41, 5.74) is 4.13. The highest BCUT2D eigenvalue weighted by molar-refractivity contribution is 5.45. The van der Waals surface area contributed by atoms with Gasteiger partial charge in [-0.05, 0) is 32.4 Å². The lowest BCUT2D eigenvalue weighted by molar-refractivity contribution is 0.117. The van der Waals surface area contributed by atoms with Gasteiger partial charge in [0, 0.05) is 19.8 Å². The highest BCUT2D eigenvalue weighted by Gasteiger charge is 2.09. The minimum atomic E-state index is -0.578. The first-order valence-electron chi connectivity index (χ1n) is 7.08. The van der Waals surface area contributed by atoms with Crippen LogP contribution < -0.4 is 10.1 Å².